The van der Waals surface area contributed by atoms with Crippen molar-refractivity contribution >= 4 is 17.9 Å². The number of amides is 1. The Bertz CT molecular complexity index is 417. The molecule has 1 aliphatic carbocycles. The van der Waals surface area contributed by atoms with E-state index in [0.29, 0.717) is 12.6 Å². The fraction of sp³-hybridized carbons (Fsp3) is 0.636. The lowest BCUT2D eigenvalue weighted by Gasteiger charge is -2.12. The number of nitrogens with zero attached hydrogens (tertiary/aromatic N) is 3. The van der Waals surface area contributed by atoms with E-state index in [0.717, 1.165) is 24.0 Å². The van der Waals surface area contributed by atoms with E-state index < -0.39 is 0 Å². The van der Waals surface area contributed by atoms with Gasteiger partial charge in [-0.05, 0) is 12.8 Å². The number of carbonyl (C=O) groups excluding carboxylic acids is 1. The molecule has 0 bridgehead atoms. The first-order valence-corrected chi connectivity index (χ1v) is 6.90. The molecular weight excluding hydrogens is 238 g/mol. The summed E-state index contributed by atoms with van der Waals surface area (Å²) < 4.78 is 7.13. The summed E-state index contributed by atoms with van der Waals surface area (Å²) in [5, 5.41) is 1.07. The highest BCUT2D eigenvalue weighted by Gasteiger charge is 2.26. The van der Waals surface area contributed by atoms with E-state index in [1.54, 1.807) is 16.7 Å². The maximum atomic E-state index is 11.2. The van der Waals surface area contributed by atoms with E-state index in [9.17, 15) is 4.79 Å². The molecule has 0 unspecified atom stereocenters. The van der Waals surface area contributed by atoms with Crippen LogP contribution in [0.2, 0.25) is 0 Å². The van der Waals surface area contributed by atoms with Crippen LogP contribution in [0, 0.1) is 0 Å². The van der Waals surface area contributed by atoms with Gasteiger partial charge in [0.05, 0.1) is 6.54 Å². The number of aromatic nitrogens is 2. The average molecular weight is 253 g/mol. The second kappa shape index (κ2) is 4.60. The first-order chi connectivity index (χ1) is 8.34. The van der Waals surface area contributed by atoms with E-state index in [-0.39, 0.29) is 6.09 Å². The van der Waals surface area contributed by atoms with Crippen LogP contribution in [0.5, 0.6) is 0 Å². The lowest BCUT2D eigenvalue weighted by atomic mass is 10.6. The summed E-state index contributed by atoms with van der Waals surface area (Å²) in [6, 6.07) is 0.664. The van der Waals surface area contributed by atoms with Crippen molar-refractivity contribution in [1.29, 1.82) is 0 Å². The molecule has 0 spiro atoms. The minimum Gasteiger partial charge on any atom is -0.448 e. The number of rotatable bonds is 5. The molecule has 0 atom stereocenters. The summed E-state index contributed by atoms with van der Waals surface area (Å²) in [5.41, 5.74) is 0. The molecular formula is C11H15N3O2S. The Balaban J connectivity index is 1.50. The normalized spacial score (nSPS) is 19.8. The summed E-state index contributed by atoms with van der Waals surface area (Å²) in [4.78, 5) is 17.3. The first kappa shape index (κ1) is 11.0. The van der Waals surface area contributed by atoms with Crippen LogP contribution in [-0.2, 0) is 4.74 Å². The number of thioether (sulfide) groups is 1. The Kier molecular flexibility index (Phi) is 2.96. The van der Waals surface area contributed by atoms with Crippen LogP contribution in [0.4, 0.5) is 4.79 Å². The van der Waals surface area contributed by atoms with Crippen molar-refractivity contribution in [2.24, 2.45) is 0 Å². The van der Waals surface area contributed by atoms with Crippen LogP contribution in [0.1, 0.15) is 18.9 Å². The van der Waals surface area contributed by atoms with Crippen molar-refractivity contribution in [2.45, 2.75) is 24.0 Å². The van der Waals surface area contributed by atoms with Crippen molar-refractivity contribution < 1.29 is 9.53 Å². The second-order valence-electron chi connectivity index (χ2n) is 4.30. The van der Waals surface area contributed by atoms with E-state index in [1.165, 1.54) is 12.8 Å². The molecule has 1 saturated heterocycles. The Morgan fingerprint density at radius 2 is 2.41 bits per heavy atom. The van der Waals surface area contributed by atoms with Crippen molar-refractivity contribution in [3.05, 3.63) is 12.4 Å². The van der Waals surface area contributed by atoms with Crippen LogP contribution in [0.15, 0.2) is 17.6 Å². The third-order valence-electron chi connectivity index (χ3n) is 3.01. The van der Waals surface area contributed by atoms with E-state index >= 15 is 0 Å². The van der Waals surface area contributed by atoms with E-state index in [1.807, 2.05) is 12.4 Å². The van der Waals surface area contributed by atoms with Crippen LogP contribution >= 0.6 is 11.8 Å². The zero-order chi connectivity index (χ0) is 11.7. The highest BCUT2D eigenvalue weighted by atomic mass is 32.2. The Morgan fingerprint density at radius 3 is 3.12 bits per heavy atom. The van der Waals surface area contributed by atoms with Gasteiger partial charge in [0.1, 0.15) is 6.61 Å². The molecule has 1 amide bonds. The van der Waals surface area contributed by atoms with Crippen molar-refractivity contribution in [3.8, 4) is 0 Å². The summed E-state index contributed by atoms with van der Waals surface area (Å²) in [6.07, 6.45) is 6.25. The van der Waals surface area contributed by atoms with E-state index in [4.69, 9.17) is 4.74 Å². The minimum absolute atomic E-state index is 0.184. The molecule has 1 aromatic rings. The van der Waals surface area contributed by atoms with Gasteiger partial charge in [0.25, 0.3) is 0 Å². The predicted molar refractivity (Wildman–Crippen MR) is 64.1 cm³/mol. The minimum atomic E-state index is -0.184. The summed E-state index contributed by atoms with van der Waals surface area (Å²) in [7, 11) is 0. The molecule has 5 nitrogen and oxygen atoms in total. The maximum Gasteiger partial charge on any atom is 0.409 e. The fourth-order valence-electron chi connectivity index (χ4n) is 1.92. The Hall–Kier alpha value is -1.17. The number of hydrogen-bond acceptors (Lipinski definition) is 4. The van der Waals surface area contributed by atoms with Gasteiger partial charge in [-0.2, -0.15) is 0 Å². The van der Waals surface area contributed by atoms with Gasteiger partial charge in [0.2, 0.25) is 0 Å². The maximum absolute atomic E-state index is 11.2. The largest absolute Gasteiger partial charge is 0.448 e. The highest BCUT2D eigenvalue weighted by Crippen LogP contribution is 2.37. The van der Waals surface area contributed by atoms with Crippen LogP contribution in [0.25, 0.3) is 0 Å². The van der Waals surface area contributed by atoms with Crippen LogP contribution in [-0.4, -0.2) is 46.0 Å². The van der Waals surface area contributed by atoms with Gasteiger partial charge in [-0.15, -0.1) is 0 Å². The molecule has 0 radical (unpaired) electrons. The third-order valence-corrected chi connectivity index (χ3v) is 3.97. The quantitative estimate of drug-likeness (QED) is 0.750. The third kappa shape index (κ3) is 2.41. The molecule has 1 aliphatic heterocycles. The molecule has 2 fully saturated rings. The van der Waals surface area contributed by atoms with Gasteiger partial charge in [-0.1, -0.05) is 11.8 Å². The SMILES string of the molecule is O=C1OCCN1CCSc1nccn1C1CC1. The van der Waals surface area contributed by atoms with Crippen molar-refractivity contribution in [3.63, 3.8) is 0 Å². The Morgan fingerprint density at radius 1 is 1.53 bits per heavy atom. The van der Waals surface area contributed by atoms with Gasteiger partial charge in [0.15, 0.2) is 5.16 Å². The zero-order valence-corrected chi connectivity index (χ0v) is 10.4. The average Bonchev–Trinajstić information content (AvgIpc) is 2.93. The highest BCUT2D eigenvalue weighted by molar-refractivity contribution is 7.99. The molecule has 2 aliphatic rings. The van der Waals surface area contributed by atoms with Gasteiger partial charge in [0, 0.05) is 30.7 Å². The molecule has 3 rings (SSSR count). The van der Waals surface area contributed by atoms with E-state index in [2.05, 4.69) is 9.55 Å². The zero-order valence-electron chi connectivity index (χ0n) is 9.54. The fourth-order valence-corrected chi connectivity index (χ4v) is 2.91. The number of cyclic esters (lactones) is 1. The molecule has 1 aromatic heterocycles. The number of carbonyl (C=O) groups is 1. The van der Waals surface area contributed by atoms with Crippen LogP contribution in [0.3, 0.4) is 0 Å². The lowest BCUT2D eigenvalue weighted by molar-refractivity contribution is 0.160. The van der Waals surface area contributed by atoms with Gasteiger partial charge in [-0.25, -0.2) is 9.78 Å². The smallest absolute Gasteiger partial charge is 0.409 e. The summed E-state index contributed by atoms with van der Waals surface area (Å²) in [6.45, 7) is 1.98. The topological polar surface area (TPSA) is 47.4 Å². The summed E-state index contributed by atoms with van der Waals surface area (Å²) in [5.74, 6) is 0.874. The van der Waals surface area contributed by atoms with Gasteiger partial charge in [-0.3, -0.25) is 0 Å². The molecule has 2 heterocycles. The molecule has 17 heavy (non-hydrogen) atoms. The molecule has 1 saturated carbocycles. The van der Waals surface area contributed by atoms with Gasteiger partial charge < -0.3 is 14.2 Å². The number of hydrogen-bond donors (Lipinski definition) is 0. The second-order valence-corrected chi connectivity index (χ2v) is 5.36. The number of imidazole rings is 1. The van der Waals surface area contributed by atoms with Crippen LogP contribution < -0.4 is 0 Å². The summed E-state index contributed by atoms with van der Waals surface area (Å²) >= 11 is 1.71. The van der Waals surface area contributed by atoms with Crippen molar-refractivity contribution in [1.82, 2.24) is 14.5 Å². The molecule has 6 heteroatoms. The predicted octanol–water partition coefficient (Wildman–Crippen LogP) is 1.76. The molecule has 0 N–H and O–H groups in total. The lowest BCUT2D eigenvalue weighted by Crippen LogP contribution is -2.26. The first-order valence-electron chi connectivity index (χ1n) is 5.92. The monoisotopic (exact) mass is 253 g/mol. The molecule has 92 valence electrons. The van der Waals surface area contributed by atoms with Crippen molar-refractivity contribution in [2.75, 3.05) is 25.4 Å². The standard InChI is InChI=1S/C11H15N3O2S/c15-11-13(5-7-16-11)6-8-17-10-12-3-4-14(10)9-1-2-9/h3-4,9H,1-2,5-8H2. The number of ether oxygens (including phenoxy) is 1. The molecule has 0 aromatic carbocycles. The Labute approximate surface area is 104 Å². The van der Waals surface area contributed by atoms with Gasteiger partial charge >= 0.3 is 6.09 Å².